The zero-order valence-electron chi connectivity index (χ0n) is 9.11. The number of anilines is 1. The average Bonchev–Trinajstić information content (AvgIpc) is 2.32. The molecule has 0 saturated carbocycles. The summed E-state index contributed by atoms with van der Waals surface area (Å²) in [5.41, 5.74) is 10.6. The lowest BCUT2D eigenvalue weighted by molar-refractivity contribution is 0.0963. The lowest BCUT2D eigenvalue weighted by atomic mass is 10.1. The van der Waals surface area contributed by atoms with E-state index < -0.39 is 17.8 Å². The zero-order chi connectivity index (χ0) is 13.3. The van der Waals surface area contributed by atoms with E-state index in [4.69, 9.17) is 11.5 Å². The molecule has 0 aliphatic rings. The second kappa shape index (κ2) is 4.28. The SMILES string of the molecule is NC(=O)NC(=O)c1nccc2c(F)ccc(N)c12. The van der Waals surface area contributed by atoms with Crippen molar-refractivity contribution in [3.63, 3.8) is 0 Å². The molecule has 1 heterocycles. The van der Waals surface area contributed by atoms with Crippen molar-refractivity contribution in [1.29, 1.82) is 0 Å². The van der Waals surface area contributed by atoms with Gasteiger partial charge in [-0.15, -0.1) is 0 Å². The van der Waals surface area contributed by atoms with Gasteiger partial charge in [0.05, 0.1) is 0 Å². The summed E-state index contributed by atoms with van der Waals surface area (Å²) < 4.78 is 13.6. The summed E-state index contributed by atoms with van der Waals surface area (Å²) in [6, 6.07) is 2.88. The molecule has 0 fully saturated rings. The highest BCUT2D eigenvalue weighted by molar-refractivity contribution is 6.13. The van der Waals surface area contributed by atoms with Crippen LogP contribution in [0.3, 0.4) is 0 Å². The van der Waals surface area contributed by atoms with Crippen molar-refractivity contribution >= 4 is 28.4 Å². The van der Waals surface area contributed by atoms with Gasteiger partial charge in [-0.1, -0.05) is 0 Å². The second-order valence-electron chi connectivity index (χ2n) is 3.54. The number of nitrogens with zero attached hydrogens (tertiary/aromatic N) is 1. The van der Waals surface area contributed by atoms with Crippen molar-refractivity contribution in [2.75, 3.05) is 5.73 Å². The molecule has 1 aromatic heterocycles. The van der Waals surface area contributed by atoms with Crippen LogP contribution < -0.4 is 16.8 Å². The van der Waals surface area contributed by atoms with Crippen LogP contribution >= 0.6 is 0 Å². The van der Waals surface area contributed by atoms with E-state index in [0.717, 1.165) is 0 Å². The Kier molecular flexibility index (Phi) is 2.80. The Hall–Kier alpha value is -2.70. The lowest BCUT2D eigenvalue weighted by Gasteiger charge is -2.07. The Balaban J connectivity index is 2.68. The van der Waals surface area contributed by atoms with Gasteiger partial charge in [0.15, 0.2) is 0 Å². The number of primary amides is 1. The molecule has 0 bridgehead atoms. The molecule has 92 valence electrons. The smallest absolute Gasteiger partial charge is 0.319 e. The summed E-state index contributed by atoms with van der Waals surface area (Å²) in [5.74, 6) is -1.36. The van der Waals surface area contributed by atoms with Gasteiger partial charge in [-0.05, 0) is 18.2 Å². The van der Waals surface area contributed by atoms with Crippen molar-refractivity contribution in [2.45, 2.75) is 0 Å². The van der Waals surface area contributed by atoms with Gasteiger partial charge in [0.25, 0.3) is 5.91 Å². The molecule has 0 atom stereocenters. The second-order valence-corrected chi connectivity index (χ2v) is 3.54. The maximum Gasteiger partial charge on any atom is 0.319 e. The molecule has 3 amide bonds. The summed E-state index contributed by atoms with van der Waals surface area (Å²) in [7, 11) is 0. The number of rotatable bonds is 1. The first-order valence-corrected chi connectivity index (χ1v) is 4.94. The van der Waals surface area contributed by atoms with Gasteiger partial charge in [0.2, 0.25) is 0 Å². The minimum absolute atomic E-state index is 0.149. The highest BCUT2D eigenvalue weighted by atomic mass is 19.1. The Morgan fingerprint density at radius 3 is 2.67 bits per heavy atom. The van der Waals surface area contributed by atoms with E-state index in [9.17, 15) is 14.0 Å². The minimum Gasteiger partial charge on any atom is -0.398 e. The number of fused-ring (bicyclic) bond motifs is 1. The van der Waals surface area contributed by atoms with Crippen LogP contribution in [-0.4, -0.2) is 16.9 Å². The fourth-order valence-corrected chi connectivity index (χ4v) is 1.63. The van der Waals surface area contributed by atoms with Gasteiger partial charge >= 0.3 is 6.03 Å². The van der Waals surface area contributed by atoms with E-state index in [2.05, 4.69) is 4.98 Å². The molecule has 2 rings (SSSR count). The molecule has 0 aliphatic carbocycles. The molecule has 5 N–H and O–H groups in total. The number of nitrogens with one attached hydrogen (secondary N) is 1. The van der Waals surface area contributed by atoms with Crippen LogP contribution in [0.25, 0.3) is 10.8 Å². The average molecular weight is 248 g/mol. The minimum atomic E-state index is -1.02. The van der Waals surface area contributed by atoms with Crippen molar-refractivity contribution in [1.82, 2.24) is 10.3 Å². The highest BCUT2D eigenvalue weighted by Crippen LogP contribution is 2.25. The van der Waals surface area contributed by atoms with Gasteiger partial charge in [0, 0.05) is 22.7 Å². The third-order valence-corrected chi connectivity index (χ3v) is 2.36. The van der Waals surface area contributed by atoms with Crippen LogP contribution in [0.5, 0.6) is 0 Å². The molecule has 18 heavy (non-hydrogen) atoms. The van der Waals surface area contributed by atoms with E-state index in [1.807, 2.05) is 5.32 Å². The summed E-state index contributed by atoms with van der Waals surface area (Å²) in [5, 5.41) is 2.16. The van der Waals surface area contributed by atoms with Crippen LogP contribution in [0, 0.1) is 5.82 Å². The molecule has 0 unspecified atom stereocenters. The monoisotopic (exact) mass is 248 g/mol. The van der Waals surface area contributed by atoms with Gasteiger partial charge in [-0.2, -0.15) is 0 Å². The molecule has 0 aliphatic heterocycles. The Morgan fingerprint density at radius 2 is 2.00 bits per heavy atom. The molecule has 2 aromatic rings. The number of urea groups is 1. The predicted molar refractivity (Wildman–Crippen MR) is 63.2 cm³/mol. The van der Waals surface area contributed by atoms with E-state index in [1.165, 1.54) is 24.4 Å². The van der Waals surface area contributed by atoms with Crippen LogP contribution in [0.15, 0.2) is 24.4 Å². The van der Waals surface area contributed by atoms with Crippen molar-refractivity contribution < 1.29 is 14.0 Å². The third-order valence-electron chi connectivity index (χ3n) is 2.36. The Morgan fingerprint density at radius 1 is 1.28 bits per heavy atom. The van der Waals surface area contributed by atoms with Crippen molar-refractivity contribution in [3.8, 4) is 0 Å². The fraction of sp³-hybridized carbons (Fsp3) is 0. The third kappa shape index (κ3) is 1.93. The summed E-state index contributed by atoms with van der Waals surface area (Å²) in [6.45, 7) is 0. The van der Waals surface area contributed by atoms with Gasteiger partial charge < -0.3 is 11.5 Å². The molecule has 1 aromatic carbocycles. The molecule has 0 saturated heterocycles. The molecule has 0 radical (unpaired) electrons. The quantitative estimate of drug-likeness (QED) is 0.647. The number of carbonyl (C=O) groups excluding carboxylic acids is 2. The number of nitrogens with two attached hydrogens (primary N) is 2. The van der Waals surface area contributed by atoms with Crippen LogP contribution in [0.4, 0.5) is 14.9 Å². The standard InChI is InChI=1S/C11H9FN4O2/c12-6-1-2-7(13)8-5(6)3-4-15-9(8)10(17)16-11(14)18/h1-4H,13H2,(H3,14,16,17,18). The first-order chi connectivity index (χ1) is 8.50. The fourth-order valence-electron chi connectivity index (χ4n) is 1.63. The summed E-state index contributed by atoms with van der Waals surface area (Å²) in [4.78, 5) is 26.1. The van der Waals surface area contributed by atoms with Gasteiger partial charge in [-0.25, -0.2) is 9.18 Å². The van der Waals surface area contributed by atoms with Crippen molar-refractivity contribution in [2.24, 2.45) is 5.73 Å². The number of pyridine rings is 1. The van der Waals surface area contributed by atoms with Gasteiger partial charge in [-0.3, -0.25) is 15.1 Å². The number of halogens is 1. The summed E-state index contributed by atoms with van der Waals surface area (Å²) >= 11 is 0. The van der Waals surface area contributed by atoms with Crippen LogP contribution in [0.2, 0.25) is 0 Å². The normalized spacial score (nSPS) is 10.3. The predicted octanol–water partition coefficient (Wildman–Crippen LogP) is 0.765. The van der Waals surface area contributed by atoms with Crippen LogP contribution in [0.1, 0.15) is 10.5 Å². The number of aromatic nitrogens is 1. The Bertz CT molecular complexity index is 657. The van der Waals surface area contributed by atoms with Crippen molar-refractivity contribution in [3.05, 3.63) is 35.9 Å². The number of nitrogen functional groups attached to an aromatic ring is 1. The summed E-state index contributed by atoms with van der Waals surface area (Å²) in [6.07, 6.45) is 1.25. The number of imide groups is 1. The van der Waals surface area contributed by atoms with E-state index in [0.29, 0.717) is 0 Å². The Labute approximate surface area is 101 Å². The molecular formula is C11H9FN4O2. The van der Waals surface area contributed by atoms with Crippen LogP contribution in [-0.2, 0) is 0 Å². The van der Waals surface area contributed by atoms with Gasteiger partial charge in [0.1, 0.15) is 11.5 Å². The number of benzene rings is 1. The lowest BCUT2D eigenvalue weighted by Crippen LogP contribution is -2.35. The van der Waals surface area contributed by atoms with E-state index in [-0.39, 0.29) is 22.2 Å². The zero-order valence-corrected chi connectivity index (χ0v) is 9.11. The molecule has 6 nitrogen and oxygen atoms in total. The first kappa shape index (κ1) is 11.8. The molecule has 7 heteroatoms. The largest absolute Gasteiger partial charge is 0.398 e. The number of amides is 3. The first-order valence-electron chi connectivity index (χ1n) is 4.94. The number of carbonyl (C=O) groups is 2. The number of hydrogen-bond donors (Lipinski definition) is 3. The highest BCUT2D eigenvalue weighted by Gasteiger charge is 2.16. The van der Waals surface area contributed by atoms with E-state index >= 15 is 0 Å². The molecular weight excluding hydrogens is 239 g/mol. The topological polar surface area (TPSA) is 111 Å². The van der Waals surface area contributed by atoms with E-state index in [1.54, 1.807) is 0 Å². The maximum absolute atomic E-state index is 13.6. The number of hydrogen-bond acceptors (Lipinski definition) is 4. The molecule has 0 spiro atoms. The maximum atomic E-state index is 13.6.